The van der Waals surface area contributed by atoms with E-state index in [1.807, 2.05) is 0 Å². The summed E-state index contributed by atoms with van der Waals surface area (Å²) in [6, 6.07) is 4.81. The SMILES string of the molecule is NC(Cc1ccc(F)cc1F)c1ccnnc1. The number of rotatable bonds is 3. The summed E-state index contributed by atoms with van der Waals surface area (Å²) < 4.78 is 26.1. The monoisotopic (exact) mass is 235 g/mol. The minimum Gasteiger partial charge on any atom is -0.324 e. The molecule has 2 aromatic rings. The van der Waals surface area contributed by atoms with Crippen LogP contribution in [0.25, 0.3) is 0 Å². The van der Waals surface area contributed by atoms with Gasteiger partial charge < -0.3 is 5.73 Å². The molecule has 0 aliphatic heterocycles. The highest BCUT2D eigenvalue weighted by molar-refractivity contribution is 5.22. The molecule has 0 fully saturated rings. The lowest BCUT2D eigenvalue weighted by molar-refractivity contribution is 0.562. The van der Waals surface area contributed by atoms with E-state index in [-0.39, 0.29) is 12.5 Å². The van der Waals surface area contributed by atoms with Crippen molar-refractivity contribution in [1.29, 1.82) is 0 Å². The van der Waals surface area contributed by atoms with E-state index in [0.717, 1.165) is 11.6 Å². The fourth-order valence-corrected chi connectivity index (χ4v) is 1.56. The van der Waals surface area contributed by atoms with Crippen LogP contribution in [0.5, 0.6) is 0 Å². The third-order valence-electron chi connectivity index (χ3n) is 2.49. The zero-order chi connectivity index (χ0) is 12.3. The first-order chi connectivity index (χ1) is 8.16. The van der Waals surface area contributed by atoms with Crippen molar-refractivity contribution in [3.63, 3.8) is 0 Å². The van der Waals surface area contributed by atoms with Crippen LogP contribution in [0.3, 0.4) is 0 Å². The quantitative estimate of drug-likeness (QED) is 0.885. The van der Waals surface area contributed by atoms with Crippen molar-refractivity contribution in [3.05, 3.63) is 59.4 Å². The number of halogens is 2. The normalized spacial score (nSPS) is 12.4. The van der Waals surface area contributed by atoms with E-state index in [4.69, 9.17) is 5.73 Å². The van der Waals surface area contributed by atoms with Crippen molar-refractivity contribution >= 4 is 0 Å². The highest BCUT2D eigenvalue weighted by Crippen LogP contribution is 2.17. The van der Waals surface area contributed by atoms with E-state index in [2.05, 4.69) is 10.2 Å². The summed E-state index contributed by atoms with van der Waals surface area (Å²) in [5.74, 6) is -1.17. The van der Waals surface area contributed by atoms with Gasteiger partial charge in [-0.3, -0.25) is 0 Å². The third kappa shape index (κ3) is 2.82. The smallest absolute Gasteiger partial charge is 0.129 e. The molecule has 2 rings (SSSR count). The molecule has 5 heteroatoms. The Morgan fingerprint density at radius 3 is 2.65 bits per heavy atom. The Hall–Kier alpha value is -1.88. The molecule has 0 saturated carbocycles. The Balaban J connectivity index is 2.16. The minimum absolute atomic E-state index is 0.289. The number of hydrogen-bond acceptors (Lipinski definition) is 3. The lowest BCUT2D eigenvalue weighted by atomic mass is 10.0. The van der Waals surface area contributed by atoms with Crippen LogP contribution < -0.4 is 5.73 Å². The Bertz CT molecular complexity index is 502. The van der Waals surface area contributed by atoms with Gasteiger partial charge in [0, 0.05) is 18.3 Å². The van der Waals surface area contributed by atoms with Gasteiger partial charge in [-0.15, -0.1) is 0 Å². The van der Waals surface area contributed by atoms with Gasteiger partial charge in [0.25, 0.3) is 0 Å². The van der Waals surface area contributed by atoms with Crippen LogP contribution in [-0.4, -0.2) is 10.2 Å². The fraction of sp³-hybridized carbons (Fsp3) is 0.167. The maximum atomic E-state index is 13.4. The second-order valence-corrected chi connectivity index (χ2v) is 3.72. The second-order valence-electron chi connectivity index (χ2n) is 3.72. The molecule has 0 saturated heterocycles. The lowest BCUT2D eigenvalue weighted by Gasteiger charge is -2.11. The largest absolute Gasteiger partial charge is 0.324 e. The van der Waals surface area contributed by atoms with E-state index >= 15 is 0 Å². The van der Waals surface area contributed by atoms with Crippen LogP contribution in [0.15, 0.2) is 36.7 Å². The summed E-state index contributed by atoms with van der Waals surface area (Å²) in [6.45, 7) is 0. The van der Waals surface area contributed by atoms with Crippen LogP contribution in [0.4, 0.5) is 8.78 Å². The Kier molecular flexibility index (Phi) is 3.39. The van der Waals surface area contributed by atoms with Crippen molar-refractivity contribution < 1.29 is 8.78 Å². The van der Waals surface area contributed by atoms with Gasteiger partial charge >= 0.3 is 0 Å². The Labute approximate surface area is 97.3 Å². The van der Waals surface area contributed by atoms with Crippen molar-refractivity contribution in [2.45, 2.75) is 12.5 Å². The maximum Gasteiger partial charge on any atom is 0.129 e. The number of hydrogen-bond donors (Lipinski definition) is 1. The fourth-order valence-electron chi connectivity index (χ4n) is 1.56. The first-order valence-corrected chi connectivity index (χ1v) is 5.13. The number of benzene rings is 1. The van der Waals surface area contributed by atoms with Crippen LogP contribution in [-0.2, 0) is 6.42 Å². The van der Waals surface area contributed by atoms with E-state index in [9.17, 15) is 8.78 Å². The van der Waals surface area contributed by atoms with Crippen LogP contribution in [0, 0.1) is 11.6 Å². The van der Waals surface area contributed by atoms with Gasteiger partial charge in [0.05, 0.1) is 6.20 Å². The maximum absolute atomic E-state index is 13.4. The molecule has 1 aromatic carbocycles. The average molecular weight is 235 g/mol. The van der Waals surface area contributed by atoms with E-state index < -0.39 is 11.6 Å². The first kappa shape index (κ1) is 11.6. The van der Waals surface area contributed by atoms with Crippen LogP contribution in [0.2, 0.25) is 0 Å². The summed E-state index contributed by atoms with van der Waals surface area (Å²) in [6.07, 6.45) is 3.35. The molecule has 0 radical (unpaired) electrons. The number of nitrogens with two attached hydrogens (primary N) is 1. The average Bonchev–Trinajstić information content (AvgIpc) is 2.34. The minimum atomic E-state index is -0.592. The number of aromatic nitrogens is 2. The second kappa shape index (κ2) is 4.97. The van der Waals surface area contributed by atoms with Crippen LogP contribution >= 0.6 is 0 Å². The lowest BCUT2D eigenvalue weighted by Crippen LogP contribution is -2.14. The molecule has 0 aliphatic carbocycles. The Morgan fingerprint density at radius 1 is 1.18 bits per heavy atom. The molecular weight excluding hydrogens is 224 g/mol. The van der Waals surface area contributed by atoms with Gasteiger partial charge in [0.1, 0.15) is 11.6 Å². The molecule has 0 bridgehead atoms. The highest BCUT2D eigenvalue weighted by atomic mass is 19.1. The molecule has 88 valence electrons. The summed E-state index contributed by atoms with van der Waals surface area (Å²) in [4.78, 5) is 0. The van der Waals surface area contributed by atoms with Gasteiger partial charge in [-0.25, -0.2) is 8.78 Å². The van der Waals surface area contributed by atoms with Gasteiger partial charge in [0.2, 0.25) is 0 Å². The molecule has 1 aromatic heterocycles. The van der Waals surface area contributed by atoms with E-state index in [0.29, 0.717) is 5.56 Å². The number of nitrogens with zero attached hydrogens (tertiary/aromatic N) is 2. The van der Waals surface area contributed by atoms with Crippen LogP contribution in [0.1, 0.15) is 17.2 Å². The molecule has 0 amide bonds. The van der Waals surface area contributed by atoms with Crippen molar-refractivity contribution in [2.24, 2.45) is 5.73 Å². The molecule has 1 atom stereocenters. The predicted octanol–water partition coefficient (Wildman–Crippen LogP) is 2.00. The van der Waals surface area contributed by atoms with Crippen molar-refractivity contribution in [1.82, 2.24) is 10.2 Å². The van der Waals surface area contributed by atoms with Gasteiger partial charge in [0.15, 0.2) is 0 Å². The molecule has 17 heavy (non-hydrogen) atoms. The molecule has 0 aliphatic rings. The van der Waals surface area contributed by atoms with Gasteiger partial charge in [-0.05, 0) is 29.7 Å². The summed E-state index contributed by atoms with van der Waals surface area (Å²) in [5.41, 5.74) is 7.06. The van der Waals surface area contributed by atoms with Crippen molar-refractivity contribution in [3.8, 4) is 0 Å². The standard InChI is InChI=1S/C12H11F2N3/c13-10-2-1-8(11(14)6-10)5-12(15)9-3-4-16-17-7-9/h1-4,6-7,12H,5,15H2. The topological polar surface area (TPSA) is 51.8 Å². The summed E-state index contributed by atoms with van der Waals surface area (Å²) in [7, 11) is 0. The van der Waals surface area contributed by atoms with Crippen molar-refractivity contribution in [2.75, 3.05) is 0 Å². The molecule has 2 N–H and O–H groups in total. The van der Waals surface area contributed by atoms with Gasteiger partial charge in [-0.1, -0.05) is 6.07 Å². The Morgan fingerprint density at radius 2 is 2.00 bits per heavy atom. The third-order valence-corrected chi connectivity index (χ3v) is 2.49. The summed E-state index contributed by atoms with van der Waals surface area (Å²) >= 11 is 0. The zero-order valence-corrected chi connectivity index (χ0v) is 8.98. The molecule has 1 unspecified atom stereocenters. The first-order valence-electron chi connectivity index (χ1n) is 5.13. The van der Waals surface area contributed by atoms with Gasteiger partial charge in [-0.2, -0.15) is 10.2 Å². The molecule has 3 nitrogen and oxygen atoms in total. The van der Waals surface area contributed by atoms with E-state index in [1.165, 1.54) is 24.5 Å². The van der Waals surface area contributed by atoms with E-state index in [1.54, 1.807) is 6.07 Å². The molecule has 1 heterocycles. The predicted molar refractivity (Wildman–Crippen MR) is 59.0 cm³/mol. The zero-order valence-electron chi connectivity index (χ0n) is 8.98. The molecule has 0 spiro atoms. The summed E-state index contributed by atoms with van der Waals surface area (Å²) in [5, 5.41) is 7.33. The highest BCUT2D eigenvalue weighted by Gasteiger charge is 2.11. The molecular formula is C12H11F2N3.